The van der Waals surface area contributed by atoms with E-state index in [1.54, 1.807) is 6.92 Å². The molecule has 1 aromatic carbocycles. The van der Waals surface area contributed by atoms with Crippen molar-refractivity contribution in [2.24, 2.45) is 22.2 Å². The van der Waals surface area contributed by atoms with Crippen molar-refractivity contribution in [1.82, 2.24) is 0 Å². The standard InChI is InChI=1S/C25H44O6S/c1-15(2)13-24(7,8)22(25(9,10)14-23(4,5)6)17-16(3)21(32(27,28)29)20(31-12)18(26)19(17)30-11/h15,22,26H,13-14H2,1-12H3,(H,27,28,29). The van der Waals surface area contributed by atoms with Crippen LogP contribution in [0.15, 0.2) is 4.90 Å². The van der Waals surface area contributed by atoms with Gasteiger partial charge in [0.05, 0.1) is 14.2 Å². The third-order valence-electron chi connectivity index (χ3n) is 6.06. The molecule has 0 aliphatic carbocycles. The Morgan fingerprint density at radius 2 is 1.38 bits per heavy atom. The molecule has 0 aliphatic heterocycles. The molecule has 186 valence electrons. The smallest absolute Gasteiger partial charge is 0.298 e. The number of phenolic OH excluding ortho intramolecular Hbond substituents is 1. The minimum Gasteiger partial charge on any atom is -0.502 e. The lowest BCUT2D eigenvalue weighted by molar-refractivity contribution is 0.0763. The highest BCUT2D eigenvalue weighted by atomic mass is 32.2. The summed E-state index contributed by atoms with van der Waals surface area (Å²) >= 11 is 0. The van der Waals surface area contributed by atoms with E-state index >= 15 is 0 Å². The molecule has 1 unspecified atom stereocenters. The number of rotatable bonds is 9. The molecule has 0 aliphatic rings. The molecule has 0 spiro atoms. The second-order valence-corrected chi connectivity index (χ2v) is 13.4. The van der Waals surface area contributed by atoms with Gasteiger partial charge >= 0.3 is 0 Å². The van der Waals surface area contributed by atoms with Gasteiger partial charge in [-0.3, -0.25) is 4.55 Å². The molecule has 2 N–H and O–H groups in total. The Kier molecular flexibility index (Phi) is 8.40. The zero-order chi connectivity index (χ0) is 25.4. The van der Waals surface area contributed by atoms with E-state index in [9.17, 15) is 18.1 Å². The van der Waals surface area contributed by atoms with Gasteiger partial charge in [-0.15, -0.1) is 0 Å². The average Bonchev–Trinajstić information content (AvgIpc) is 2.52. The van der Waals surface area contributed by atoms with Gasteiger partial charge in [0.2, 0.25) is 5.75 Å². The minimum atomic E-state index is -4.67. The highest BCUT2D eigenvalue weighted by Gasteiger charge is 2.47. The predicted octanol–water partition coefficient (Wildman–Crippen LogP) is 6.58. The summed E-state index contributed by atoms with van der Waals surface area (Å²) in [6, 6.07) is 0. The molecule has 6 nitrogen and oxygen atoms in total. The van der Waals surface area contributed by atoms with Crippen molar-refractivity contribution < 1.29 is 27.6 Å². The lowest BCUT2D eigenvalue weighted by Gasteiger charge is -2.49. The topological polar surface area (TPSA) is 93.1 Å². The summed E-state index contributed by atoms with van der Waals surface area (Å²) in [6.45, 7) is 21.2. The van der Waals surface area contributed by atoms with Crippen molar-refractivity contribution in [2.75, 3.05) is 14.2 Å². The highest BCUT2D eigenvalue weighted by Crippen LogP contribution is 2.60. The average molecular weight is 473 g/mol. The van der Waals surface area contributed by atoms with Crippen molar-refractivity contribution in [3.8, 4) is 17.2 Å². The summed E-state index contributed by atoms with van der Waals surface area (Å²) in [4.78, 5) is -0.412. The fraction of sp³-hybridized carbons (Fsp3) is 0.760. The van der Waals surface area contributed by atoms with Crippen LogP contribution in [0.5, 0.6) is 17.2 Å². The van der Waals surface area contributed by atoms with E-state index in [4.69, 9.17) is 9.47 Å². The Balaban J connectivity index is 4.22. The van der Waals surface area contributed by atoms with Crippen molar-refractivity contribution in [1.29, 1.82) is 0 Å². The summed E-state index contributed by atoms with van der Waals surface area (Å²) in [6.07, 6.45) is 1.73. The van der Waals surface area contributed by atoms with Gasteiger partial charge < -0.3 is 14.6 Å². The molecule has 0 aromatic heterocycles. The van der Waals surface area contributed by atoms with Crippen LogP contribution >= 0.6 is 0 Å². The minimum absolute atomic E-state index is 0.0111. The molecule has 32 heavy (non-hydrogen) atoms. The zero-order valence-corrected chi connectivity index (χ0v) is 22.8. The van der Waals surface area contributed by atoms with Crippen LogP contribution in [0.25, 0.3) is 0 Å². The van der Waals surface area contributed by atoms with Gasteiger partial charge in [0.1, 0.15) is 4.90 Å². The molecule has 1 aromatic rings. The molecule has 0 bridgehead atoms. The summed E-state index contributed by atoms with van der Waals surface area (Å²) in [5.41, 5.74) is 0.364. The molecule has 0 saturated heterocycles. The van der Waals surface area contributed by atoms with E-state index in [0.29, 0.717) is 17.0 Å². The van der Waals surface area contributed by atoms with Gasteiger partial charge in [0, 0.05) is 5.56 Å². The molecule has 7 heteroatoms. The Hall–Kier alpha value is -1.47. The number of aromatic hydroxyl groups is 1. The van der Waals surface area contributed by atoms with E-state index in [0.717, 1.165) is 12.8 Å². The van der Waals surface area contributed by atoms with Gasteiger partial charge in [-0.05, 0) is 53.4 Å². The van der Waals surface area contributed by atoms with Crippen LogP contribution in [0, 0.1) is 29.1 Å². The molecule has 0 saturated carbocycles. The SMILES string of the molecule is COc1c(O)c(OC)c(S(=O)(=O)O)c(C)c1C(C(C)(C)CC(C)C)C(C)(C)CC(C)(C)C. The number of methoxy groups -OCH3 is 2. The van der Waals surface area contributed by atoms with Crippen LogP contribution in [0.1, 0.15) is 92.2 Å². The summed E-state index contributed by atoms with van der Waals surface area (Å²) in [5, 5.41) is 11.0. The van der Waals surface area contributed by atoms with E-state index in [1.807, 2.05) is 0 Å². The molecule has 1 atom stereocenters. The maximum atomic E-state index is 12.4. The second-order valence-electron chi connectivity index (χ2n) is 12.0. The molecular formula is C25H44O6S. The molecule has 0 fully saturated rings. The second kappa shape index (κ2) is 9.41. The van der Waals surface area contributed by atoms with Gasteiger partial charge in [-0.25, -0.2) is 0 Å². The Bertz CT molecular complexity index is 921. The maximum absolute atomic E-state index is 12.4. The predicted molar refractivity (Wildman–Crippen MR) is 130 cm³/mol. The van der Waals surface area contributed by atoms with Gasteiger partial charge in [0.25, 0.3) is 10.1 Å². The molecule has 0 amide bonds. The van der Waals surface area contributed by atoms with Crippen LogP contribution in [-0.4, -0.2) is 32.3 Å². The number of phenols is 1. The van der Waals surface area contributed by atoms with E-state index < -0.39 is 20.8 Å². The summed E-state index contributed by atoms with van der Waals surface area (Å²) in [5.74, 6) is -0.323. The van der Waals surface area contributed by atoms with Crippen molar-refractivity contribution in [3.63, 3.8) is 0 Å². The Morgan fingerprint density at radius 3 is 1.72 bits per heavy atom. The highest BCUT2D eigenvalue weighted by molar-refractivity contribution is 7.86. The van der Waals surface area contributed by atoms with Crippen LogP contribution in [0.3, 0.4) is 0 Å². The number of ether oxygens (including phenoxy) is 2. The lowest BCUT2D eigenvalue weighted by Crippen LogP contribution is -2.38. The summed E-state index contributed by atoms with van der Waals surface area (Å²) in [7, 11) is -1.96. The Morgan fingerprint density at radius 1 is 0.906 bits per heavy atom. The third kappa shape index (κ3) is 6.10. The zero-order valence-electron chi connectivity index (χ0n) is 22.0. The third-order valence-corrected chi connectivity index (χ3v) is 7.07. The lowest BCUT2D eigenvalue weighted by atomic mass is 9.56. The van der Waals surface area contributed by atoms with Gasteiger partial charge in [-0.2, -0.15) is 8.42 Å². The van der Waals surface area contributed by atoms with Crippen LogP contribution in [-0.2, 0) is 10.1 Å². The number of hydrogen-bond acceptors (Lipinski definition) is 5. The van der Waals surface area contributed by atoms with Gasteiger partial charge in [-0.1, -0.05) is 62.3 Å². The number of benzene rings is 1. The van der Waals surface area contributed by atoms with E-state index in [2.05, 4.69) is 62.3 Å². The fourth-order valence-electron chi connectivity index (χ4n) is 6.33. The largest absolute Gasteiger partial charge is 0.502 e. The quantitative estimate of drug-likeness (QED) is 0.394. The van der Waals surface area contributed by atoms with Crippen molar-refractivity contribution >= 4 is 10.1 Å². The first-order valence-corrected chi connectivity index (χ1v) is 12.6. The van der Waals surface area contributed by atoms with Crippen molar-refractivity contribution in [3.05, 3.63) is 11.1 Å². The van der Waals surface area contributed by atoms with Crippen LogP contribution < -0.4 is 9.47 Å². The van der Waals surface area contributed by atoms with E-state index in [-0.39, 0.29) is 33.7 Å². The maximum Gasteiger partial charge on any atom is 0.298 e. The molecule has 1 rings (SSSR count). The molecule has 0 heterocycles. The van der Waals surface area contributed by atoms with Crippen LogP contribution in [0.4, 0.5) is 0 Å². The Labute approximate surface area is 195 Å². The normalized spacial score (nSPS) is 14.6. The first-order valence-electron chi connectivity index (χ1n) is 11.2. The first kappa shape index (κ1) is 28.6. The fourth-order valence-corrected chi connectivity index (χ4v) is 7.24. The summed E-state index contributed by atoms with van der Waals surface area (Å²) < 4.78 is 45.7. The molecular weight excluding hydrogens is 428 g/mol. The number of hydrogen-bond donors (Lipinski definition) is 2. The first-order chi connectivity index (χ1) is 14.2. The van der Waals surface area contributed by atoms with E-state index in [1.165, 1.54) is 14.2 Å². The van der Waals surface area contributed by atoms with Crippen molar-refractivity contribution in [2.45, 2.75) is 92.9 Å². The van der Waals surface area contributed by atoms with Gasteiger partial charge in [0.15, 0.2) is 11.5 Å². The molecule has 0 radical (unpaired) electrons. The van der Waals surface area contributed by atoms with Crippen LogP contribution in [0.2, 0.25) is 0 Å². The monoisotopic (exact) mass is 472 g/mol.